The lowest BCUT2D eigenvalue weighted by Crippen LogP contribution is -2.14. The van der Waals surface area contributed by atoms with Crippen LogP contribution in [-0.4, -0.2) is 37.7 Å². The predicted molar refractivity (Wildman–Crippen MR) is 88.2 cm³/mol. The first-order valence-electron chi connectivity index (χ1n) is 8.19. The van der Waals surface area contributed by atoms with Gasteiger partial charge >= 0.3 is 17.9 Å². The van der Waals surface area contributed by atoms with Crippen LogP contribution in [0.5, 0.6) is 0 Å². The summed E-state index contributed by atoms with van der Waals surface area (Å²) in [5.41, 5.74) is 0.369. The van der Waals surface area contributed by atoms with Gasteiger partial charge in [-0.15, -0.1) is 0 Å². The van der Waals surface area contributed by atoms with Crippen LogP contribution in [-0.2, 0) is 14.2 Å². The molecule has 0 spiro atoms. The van der Waals surface area contributed by atoms with Crippen molar-refractivity contribution in [2.75, 3.05) is 19.8 Å². The molecule has 0 unspecified atom stereocenters. The number of esters is 3. The maximum Gasteiger partial charge on any atom is 0.338 e. The highest BCUT2D eigenvalue weighted by atomic mass is 16.5. The van der Waals surface area contributed by atoms with Crippen LogP contribution >= 0.6 is 0 Å². The Balaban J connectivity index is 3.11. The van der Waals surface area contributed by atoms with E-state index < -0.39 is 17.9 Å². The number of rotatable bonds is 9. The molecule has 0 aliphatic rings. The molecular weight excluding hydrogens is 312 g/mol. The molecule has 1 aromatic carbocycles. The summed E-state index contributed by atoms with van der Waals surface area (Å²) in [7, 11) is 0. The van der Waals surface area contributed by atoms with E-state index >= 15 is 0 Å². The van der Waals surface area contributed by atoms with Crippen molar-refractivity contribution in [1.29, 1.82) is 0 Å². The fourth-order valence-electron chi connectivity index (χ4n) is 1.82. The molecule has 0 saturated heterocycles. The van der Waals surface area contributed by atoms with E-state index in [9.17, 15) is 14.4 Å². The second-order valence-electron chi connectivity index (χ2n) is 5.21. The minimum atomic E-state index is -0.591. The van der Waals surface area contributed by atoms with E-state index in [0.717, 1.165) is 0 Å². The third kappa shape index (κ3) is 6.02. The lowest BCUT2D eigenvalue weighted by molar-refractivity contribution is 0.0502. The predicted octanol–water partition coefficient (Wildman–Crippen LogP) is 3.39. The molecule has 1 rings (SSSR count). The number of hydrogen-bond donors (Lipinski definition) is 0. The number of carbonyl (C=O) groups is 3. The first-order chi connectivity index (χ1) is 11.5. The van der Waals surface area contributed by atoms with E-state index in [1.807, 2.05) is 20.8 Å². The van der Waals surface area contributed by atoms with Crippen LogP contribution in [0.25, 0.3) is 0 Å². The summed E-state index contributed by atoms with van der Waals surface area (Å²) in [4.78, 5) is 36.2. The van der Waals surface area contributed by atoms with Gasteiger partial charge in [0.15, 0.2) is 0 Å². The van der Waals surface area contributed by atoms with Crippen LogP contribution in [0.15, 0.2) is 18.2 Å². The first-order valence-corrected chi connectivity index (χ1v) is 8.19. The highest BCUT2D eigenvalue weighted by Gasteiger charge is 2.18. The molecule has 0 aliphatic heterocycles. The van der Waals surface area contributed by atoms with Gasteiger partial charge in [0.1, 0.15) is 0 Å². The standard InChI is InChI=1S/C18H24O6/c1-4-7-22-16(19)13-10-14(17(20)23-8-5-2)12-15(11-13)18(21)24-9-6-3/h10-12H,4-9H2,1-3H3. The summed E-state index contributed by atoms with van der Waals surface area (Å²) in [5, 5.41) is 0. The number of ether oxygens (including phenoxy) is 3. The van der Waals surface area contributed by atoms with Crippen LogP contribution in [0.2, 0.25) is 0 Å². The molecule has 0 N–H and O–H groups in total. The van der Waals surface area contributed by atoms with E-state index in [1.54, 1.807) is 0 Å². The van der Waals surface area contributed by atoms with Crippen molar-refractivity contribution in [2.24, 2.45) is 0 Å². The quantitative estimate of drug-likeness (QED) is 0.508. The van der Waals surface area contributed by atoms with Gasteiger partial charge in [0.05, 0.1) is 36.5 Å². The largest absolute Gasteiger partial charge is 0.462 e. The molecule has 0 saturated carbocycles. The molecule has 0 aromatic heterocycles. The molecule has 0 amide bonds. The second kappa shape index (κ2) is 10.4. The smallest absolute Gasteiger partial charge is 0.338 e. The Hall–Kier alpha value is -2.37. The molecule has 0 fully saturated rings. The van der Waals surface area contributed by atoms with Gasteiger partial charge in [-0.25, -0.2) is 14.4 Å². The molecule has 24 heavy (non-hydrogen) atoms. The van der Waals surface area contributed by atoms with Crippen molar-refractivity contribution in [3.05, 3.63) is 34.9 Å². The molecule has 132 valence electrons. The highest BCUT2D eigenvalue weighted by Crippen LogP contribution is 2.15. The van der Waals surface area contributed by atoms with E-state index in [-0.39, 0.29) is 36.5 Å². The Bertz CT molecular complexity index is 486. The van der Waals surface area contributed by atoms with Crippen LogP contribution in [0, 0.1) is 0 Å². The lowest BCUT2D eigenvalue weighted by Gasteiger charge is -2.10. The molecule has 6 heteroatoms. The van der Waals surface area contributed by atoms with Crippen molar-refractivity contribution in [2.45, 2.75) is 40.0 Å². The molecule has 6 nitrogen and oxygen atoms in total. The zero-order valence-corrected chi connectivity index (χ0v) is 14.4. The van der Waals surface area contributed by atoms with Gasteiger partial charge < -0.3 is 14.2 Å². The van der Waals surface area contributed by atoms with Crippen LogP contribution < -0.4 is 0 Å². The summed E-state index contributed by atoms with van der Waals surface area (Å²) < 4.78 is 15.2. The Kier molecular flexibility index (Phi) is 8.54. The van der Waals surface area contributed by atoms with E-state index in [4.69, 9.17) is 14.2 Å². The van der Waals surface area contributed by atoms with Gasteiger partial charge in [0.25, 0.3) is 0 Å². The summed E-state index contributed by atoms with van der Waals surface area (Å²) in [5.74, 6) is -1.77. The normalized spacial score (nSPS) is 10.1. The van der Waals surface area contributed by atoms with E-state index in [0.29, 0.717) is 19.3 Å². The molecular formula is C18H24O6. The Morgan fingerprint density at radius 3 is 1.08 bits per heavy atom. The molecule has 0 aliphatic carbocycles. The Labute approximate surface area is 142 Å². The maximum atomic E-state index is 12.1. The van der Waals surface area contributed by atoms with Crippen LogP contribution in [0.3, 0.4) is 0 Å². The van der Waals surface area contributed by atoms with Gasteiger partial charge in [0.2, 0.25) is 0 Å². The van der Waals surface area contributed by atoms with Crippen molar-refractivity contribution >= 4 is 17.9 Å². The van der Waals surface area contributed by atoms with Crippen molar-refractivity contribution < 1.29 is 28.6 Å². The zero-order chi connectivity index (χ0) is 17.9. The second-order valence-corrected chi connectivity index (χ2v) is 5.21. The highest BCUT2D eigenvalue weighted by molar-refractivity contribution is 6.00. The average Bonchev–Trinajstić information content (AvgIpc) is 2.61. The molecule has 0 bridgehead atoms. The SMILES string of the molecule is CCCOC(=O)c1cc(C(=O)OCCC)cc(C(=O)OCCC)c1. The summed E-state index contributed by atoms with van der Waals surface area (Å²) in [6, 6.07) is 4.10. The fourth-order valence-corrected chi connectivity index (χ4v) is 1.82. The third-order valence-corrected chi connectivity index (χ3v) is 2.95. The van der Waals surface area contributed by atoms with Crippen molar-refractivity contribution in [3.63, 3.8) is 0 Å². The van der Waals surface area contributed by atoms with Crippen molar-refractivity contribution in [3.8, 4) is 0 Å². The first kappa shape index (κ1) is 19.7. The molecule has 0 atom stereocenters. The number of hydrogen-bond acceptors (Lipinski definition) is 6. The summed E-state index contributed by atoms with van der Waals surface area (Å²) in [6.45, 7) is 6.41. The van der Waals surface area contributed by atoms with Gasteiger partial charge in [-0.2, -0.15) is 0 Å². The molecule has 0 heterocycles. The lowest BCUT2D eigenvalue weighted by atomic mass is 10.1. The van der Waals surface area contributed by atoms with E-state index in [1.165, 1.54) is 18.2 Å². The minimum Gasteiger partial charge on any atom is -0.462 e. The fraction of sp³-hybridized carbons (Fsp3) is 0.500. The number of carbonyl (C=O) groups excluding carboxylic acids is 3. The minimum absolute atomic E-state index is 0.123. The zero-order valence-electron chi connectivity index (χ0n) is 14.4. The van der Waals surface area contributed by atoms with Crippen LogP contribution in [0.4, 0.5) is 0 Å². The molecule has 1 aromatic rings. The number of benzene rings is 1. The Morgan fingerprint density at radius 1 is 0.625 bits per heavy atom. The van der Waals surface area contributed by atoms with E-state index in [2.05, 4.69) is 0 Å². The monoisotopic (exact) mass is 336 g/mol. The van der Waals surface area contributed by atoms with Gasteiger partial charge in [-0.3, -0.25) is 0 Å². The Morgan fingerprint density at radius 2 is 0.875 bits per heavy atom. The molecule has 0 radical (unpaired) electrons. The summed E-state index contributed by atoms with van der Waals surface area (Å²) in [6.07, 6.45) is 2.03. The average molecular weight is 336 g/mol. The van der Waals surface area contributed by atoms with Gasteiger partial charge in [-0.1, -0.05) is 20.8 Å². The van der Waals surface area contributed by atoms with Gasteiger partial charge in [-0.05, 0) is 37.5 Å². The third-order valence-electron chi connectivity index (χ3n) is 2.95. The summed E-state index contributed by atoms with van der Waals surface area (Å²) >= 11 is 0. The van der Waals surface area contributed by atoms with Crippen molar-refractivity contribution in [1.82, 2.24) is 0 Å². The maximum absolute atomic E-state index is 12.1. The topological polar surface area (TPSA) is 78.9 Å². The van der Waals surface area contributed by atoms with Gasteiger partial charge in [0, 0.05) is 0 Å². The van der Waals surface area contributed by atoms with Crippen LogP contribution in [0.1, 0.15) is 71.1 Å².